The summed E-state index contributed by atoms with van der Waals surface area (Å²) in [6.07, 6.45) is 6.65. The van der Waals surface area contributed by atoms with Gasteiger partial charge in [-0.05, 0) is 75.2 Å². The van der Waals surface area contributed by atoms with Crippen LogP contribution in [0.4, 0.5) is 0 Å². The normalized spacial score (nSPS) is 13.3. The predicted molar refractivity (Wildman–Crippen MR) is 152 cm³/mol. The summed E-state index contributed by atoms with van der Waals surface area (Å²) in [4.78, 5) is 13.0. The van der Waals surface area contributed by atoms with E-state index in [0.717, 1.165) is 56.2 Å². The number of carbonyl (C=O) groups is 1. The maximum absolute atomic E-state index is 10.7. The zero-order valence-electron chi connectivity index (χ0n) is 24.3. The zero-order chi connectivity index (χ0) is 28.8. The number of rotatable bonds is 18. The van der Waals surface area contributed by atoms with Gasteiger partial charge in [0.1, 0.15) is 5.75 Å². The summed E-state index contributed by atoms with van der Waals surface area (Å²) in [6.45, 7) is 4.76. The second kappa shape index (κ2) is 15.8. The van der Waals surface area contributed by atoms with Crippen molar-refractivity contribution in [1.29, 1.82) is 5.26 Å². The molecule has 2 aromatic rings. The number of hydrogen-bond donors (Lipinski definition) is 1. The van der Waals surface area contributed by atoms with Gasteiger partial charge in [-0.3, -0.25) is 4.90 Å². The van der Waals surface area contributed by atoms with Gasteiger partial charge in [-0.1, -0.05) is 44.7 Å². The fraction of sp³-hybridized carbons (Fsp3) is 0.548. The maximum atomic E-state index is 10.7. The van der Waals surface area contributed by atoms with Gasteiger partial charge in [0.25, 0.3) is 0 Å². The molecule has 0 aliphatic carbocycles. The predicted octanol–water partition coefficient (Wildman–Crippen LogP) is 6.38. The van der Waals surface area contributed by atoms with E-state index < -0.39 is 11.4 Å². The second-order valence-electron chi connectivity index (χ2n) is 9.93. The molecular formula is C31H44N2O6. The van der Waals surface area contributed by atoms with Crippen molar-refractivity contribution in [1.82, 2.24) is 4.90 Å². The van der Waals surface area contributed by atoms with Gasteiger partial charge in [-0.2, -0.15) is 5.26 Å². The summed E-state index contributed by atoms with van der Waals surface area (Å²) >= 11 is 0. The summed E-state index contributed by atoms with van der Waals surface area (Å²) in [6, 6.07) is 14.2. The molecule has 0 saturated carbocycles. The lowest BCUT2D eigenvalue weighted by atomic mass is 9.73. The van der Waals surface area contributed by atoms with Crippen molar-refractivity contribution in [2.45, 2.75) is 70.3 Å². The number of hydrogen-bond acceptors (Lipinski definition) is 7. The molecule has 2 rings (SSSR count). The first-order chi connectivity index (χ1) is 18.7. The lowest BCUT2D eigenvalue weighted by Crippen LogP contribution is -2.28. The number of unbranched alkanes of at least 4 members (excludes halogenated alkanes) is 3. The topological polar surface area (TPSA) is 101 Å². The molecule has 8 heteroatoms. The number of nitriles is 1. The molecule has 0 radical (unpaired) electrons. The first kappa shape index (κ1) is 31.8. The van der Waals surface area contributed by atoms with E-state index in [2.05, 4.69) is 31.9 Å². The molecule has 0 amide bonds. The van der Waals surface area contributed by atoms with Gasteiger partial charge in [-0.25, -0.2) is 4.79 Å². The van der Waals surface area contributed by atoms with Crippen molar-refractivity contribution in [2.24, 2.45) is 0 Å². The van der Waals surface area contributed by atoms with E-state index in [4.69, 9.17) is 24.1 Å². The van der Waals surface area contributed by atoms with Crippen LogP contribution >= 0.6 is 0 Å². The van der Waals surface area contributed by atoms with Crippen LogP contribution in [0.15, 0.2) is 36.4 Å². The van der Waals surface area contributed by atoms with Crippen LogP contribution in [0.3, 0.4) is 0 Å². The minimum absolute atomic E-state index is 0.140. The Morgan fingerprint density at radius 2 is 1.62 bits per heavy atom. The molecule has 2 unspecified atom stereocenters. The Morgan fingerprint density at radius 1 is 1.00 bits per heavy atom. The van der Waals surface area contributed by atoms with Crippen molar-refractivity contribution in [3.05, 3.63) is 47.5 Å². The smallest absolute Gasteiger partial charge is 0.341 e. The quantitative estimate of drug-likeness (QED) is 0.217. The summed E-state index contributed by atoms with van der Waals surface area (Å²) in [5.74, 6) is 1.17. The third-order valence-corrected chi connectivity index (χ3v) is 7.39. The van der Waals surface area contributed by atoms with Crippen LogP contribution in [0.2, 0.25) is 0 Å². The van der Waals surface area contributed by atoms with Crippen LogP contribution in [0.25, 0.3) is 0 Å². The van der Waals surface area contributed by atoms with Crippen LogP contribution in [-0.4, -0.2) is 57.5 Å². The Hall–Kier alpha value is -3.44. The van der Waals surface area contributed by atoms with Gasteiger partial charge in [0.05, 0.1) is 32.8 Å². The van der Waals surface area contributed by atoms with Gasteiger partial charge in [0.15, 0.2) is 18.1 Å². The number of aliphatic carboxylic acids is 1. The van der Waals surface area contributed by atoms with Crippen molar-refractivity contribution >= 4 is 5.97 Å². The largest absolute Gasteiger partial charge is 0.493 e. The van der Waals surface area contributed by atoms with E-state index in [1.165, 1.54) is 0 Å². The van der Waals surface area contributed by atoms with Crippen LogP contribution in [-0.2, 0) is 10.2 Å². The van der Waals surface area contributed by atoms with Crippen LogP contribution in [0.5, 0.6) is 23.0 Å². The molecule has 39 heavy (non-hydrogen) atoms. The van der Waals surface area contributed by atoms with Gasteiger partial charge >= 0.3 is 5.97 Å². The van der Waals surface area contributed by atoms with Crippen LogP contribution in [0.1, 0.15) is 76.0 Å². The fourth-order valence-electron chi connectivity index (χ4n) is 4.87. The molecule has 2 aromatic carbocycles. The Kier molecular flexibility index (Phi) is 12.9. The lowest BCUT2D eigenvalue weighted by Gasteiger charge is -2.31. The summed E-state index contributed by atoms with van der Waals surface area (Å²) < 4.78 is 22.0. The Balaban J connectivity index is 2.19. The van der Waals surface area contributed by atoms with E-state index in [1.54, 1.807) is 33.5 Å². The highest BCUT2D eigenvalue weighted by atomic mass is 16.5. The number of benzene rings is 2. The third kappa shape index (κ3) is 8.79. The molecule has 0 fully saturated rings. The Morgan fingerprint density at radius 3 is 2.13 bits per heavy atom. The molecular weight excluding hydrogens is 496 g/mol. The number of nitrogens with zero attached hydrogens (tertiary/aromatic N) is 2. The van der Waals surface area contributed by atoms with Crippen LogP contribution < -0.4 is 18.9 Å². The van der Waals surface area contributed by atoms with Gasteiger partial charge < -0.3 is 24.1 Å². The van der Waals surface area contributed by atoms with E-state index in [-0.39, 0.29) is 12.6 Å². The molecule has 0 bridgehead atoms. The van der Waals surface area contributed by atoms with E-state index >= 15 is 0 Å². The number of carboxylic acids is 1. The average molecular weight is 541 g/mol. The average Bonchev–Trinajstić information content (AvgIpc) is 2.96. The molecule has 1 N–H and O–H groups in total. The second-order valence-corrected chi connectivity index (χ2v) is 9.93. The number of methoxy groups -OCH3 is 3. The standard InChI is InChI=1S/C31H44N2O6/c1-7-8-9-10-16-31(22-32,25-19-27(36-4)30(38-6)28(20-25)37-5)17-11-18-33(3)23(2)24-12-14-26(15-13-24)39-21-29(34)35/h12-15,19-20,23H,7-11,16-18,21H2,1-6H3,(H,34,35). The maximum Gasteiger partial charge on any atom is 0.341 e. The molecule has 0 saturated heterocycles. The highest BCUT2D eigenvalue weighted by molar-refractivity contribution is 5.68. The van der Waals surface area contributed by atoms with Crippen molar-refractivity contribution in [2.75, 3.05) is 41.5 Å². The molecule has 0 aliphatic rings. The van der Waals surface area contributed by atoms with Gasteiger partial charge in [-0.15, -0.1) is 0 Å². The Bertz CT molecular complexity index is 1060. The summed E-state index contributed by atoms with van der Waals surface area (Å²) in [5.41, 5.74) is 1.33. The van der Waals surface area contributed by atoms with Gasteiger partial charge in [0.2, 0.25) is 5.75 Å². The Labute approximate surface area is 233 Å². The third-order valence-electron chi connectivity index (χ3n) is 7.39. The summed E-state index contributed by atoms with van der Waals surface area (Å²) in [7, 11) is 6.85. The molecule has 214 valence electrons. The van der Waals surface area contributed by atoms with Crippen molar-refractivity contribution in [3.63, 3.8) is 0 Å². The molecule has 8 nitrogen and oxygen atoms in total. The highest BCUT2D eigenvalue weighted by Gasteiger charge is 2.34. The molecule has 0 heterocycles. The SMILES string of the molecule is CCCCCCC(C#N)(CCCN(C)C(C)c1ccc(OCC(=O)O)cc1)c1cc(OC)c(OC)c(OC)c1. The molecule has 0 spiro atoms. The van der Waals surface area contributed by atoms with Crippen molar-refractivity contribution in [3.8, 4) is 29.1 Å². The highest BCUT2D eigenvalue weighted by Crippen LogP contribution is 2.44. The first-order valence-corrected chi connectivity index (χ1v) is 13.6. The molecule has 0 aromatic heterocycles. The lowest BCUT2D eigenvalue weighted by molar-refractivity contribution is -0.139. The van der Waals surface area contributed by atoms with E-state index in [9.17, 15) is 10.1 Å². The van der Waals surface area contributed by atoms with E-state index in [1.807, 2.05) is 24.3 Å². The zero-order valence-corrected chi connectivity index (χ0v) is 24.3. The fourth-order valence-corrected chi connectivity index (χ4v) is 4.87. The van der Waals surface area contributed by atoms with E-state index in [0.29, 0.717) is 29.4 Å². The number of carboxylic acid groups (broad SMARTS) is 1. The number of ether oxygens (including phenoxy) is 4. The van der Waals surface area contributed by atoms with Crippen molar-refractivity contribution < 1.29 is 28.8 Å². The summed E-state index contributed by atoms with van der Waals surface area (Å²) in [5, 5.41) is 19.4. The monoisotopic (exact) mass is 540 g/mol. The molecule has 2 atom stereocenters. The van der Waals surface area contributed by atoms with Gasteiger partial charge in [0, 0.05) is 6.04 Å². The molecule has 0 aliphatic heterocycles. The van der Waals surface area contributed by atoms with Crippen LogP contribution in [0, 0.1) is 11.3 Å². The first-order valence-electron chi connectivity index (χ1n) is 13.6. The minimum atomic E-state index is -1.00. The minimum Gasteiger partial charge on any atom is -0.493 e.